The van der Waals surface area contributed by atoms with Crippen LogP contribution in [0, 0.1) is 10.1 Å². The Hall–Kier alpha value is -3.48. The van der Waals surface area contributed by atoms with Crippen molar-refractivity contribution in [3.63, 3.8) is 0 Å². The molecule has 0 N–H and O–H groups in total. The molecule has 0 unspecified atom stereocenters. The second-order valence-electron chi connectivity index (χ2n) is 5.42. The van der Waals surface area contributed by atoms with Crippen LogP contribution in [0.25, 0.3) is 10.9 Å². The molecule has 0 amide bonds. The van der Waals surface area contributed by atoms with E-state index in [9.17, 15) is 19.7 Å². The van der Waals surface area contributed by atoms with Crippen molar-refractivity contribution in [2.24, 2.45) is 0 Å². The lowest BCUT2D eigenvalue weighted by Crippen LogP contribution is -2.10. The third kappa shape index (κ3) is 3.12. The highest BCUT2D eigenvalue weighted by molar-refractivity contribution is 5.89. The van der Waals surface area contributed by atoms with Crippen LogP contribution in [0.3, 0.4) is 0 Å². The number of aromatic nitrogens is 1. The minimum absolute atomic E-state index is 0.0844. The van der Waals surface area contributed by atoms with Crippen molar-refractivity contribution in [1.82, 2.24) is 4.57 Å². The highest BCUT2D eigenvalue weighted by Crippen LogP contribution is 2.22. The first-order chi connectivity index (χ1) is 12.0. The van der Waals surface area contributed by atoms with Crippen LogP contribution in [0.15, 0.2) is 59.5 Å². The summed E-state index contributed by atoms with van der Waals surface area (Å²) < 4.78 is 6.42. The third-order valence-corrected chi connectivity index (χ3v) is 3.91. The van der Waals surface area contributed by atoms with Crippen LogP contribution in [-0.2, 0) is 11.3 Å². The summed E-state index contributed by atoms with van der Waals surface area (Å²) in [5, 5.41) is 11.3. The molecule has 126 valence electrons. The quantitative estimate of drug-likeness (QED) is 0.414. The molecule has 0 saturated carbocycles. The molecule has 1 heterocycles. The van der Waals surface area contributed by atoms with Crippen molar-refractivity contribution in [3.05, 3.63) is 86.2 Å². The van der Waals surface area contributed by atoms with Gasteiger partial charge in [-0.25, -0.2) is 4.79 Å². The van der Waals surface area contributed by atoms with Crippen molar-refractivity contribution in [2.45, 2.75) is 6.54 Å². The fraction of sp³-hybridized carbons (Fsp3) is 0.111. The summed E-state index contributed by atoms with van der Waals surface area (Å²) >= 11 is 0. The number of nitro groups is 1. The molecule has 1 aromatic heterocycles. The van der Waals surface area contributed by atoms with Gasteiger partial charge >= 0.3 is 5.97 Å². The molecule has 0 spiro atoms. The summed E-state index contributed by atoms with van der Waals surface area (Å²) in [7, 11) is 1.32. The van der Waals surface area contributed by atoms with Crippen LogP contribution in [0.1, 0.15) is 15.9 Å². The molecule has 7 heteroatoms. The van der Waals surface area contributed by atoms with Crippen molar-refractivity contribution in [2.75, 3.05) is 7.11 Å². The maximum atomic E-state index is 12.1. The number of fused-ring (bicyclic) bond motifs is 1. The molecule has 0 bridgehead atoms. The zero-order valence-electron chi connectivity index (χ0n) is 13.3. The predicted molar refractivity (Wildman–Crippen MR) is 91.7 cm³/mol. The number of nitrogens with zero attached hydrogens (tertiary/aromatic N) is 2. The van der Waals surface area contributed by atoms with Crippen LogP contribution in [-0.4, -0.2) is 22.6 Å². The van der Waals surface area contributed by atoms with Crippen LogP contribution >= 0.6 is 0 Å². The van der Waals surface area contributed by atoms with E-state index >= 15 is 0 Å². The van der Waals surface area contributed by atoms with Crippen molar-refractivity contribution in [3.8, 4) is 0 Å². The maximum Gasteiger partial charge on any atom is 0.337 e. The topological polar surface area (TPSA) is 91.4 Å². The average Bonchev–Trinajstić information content (AvgIpc) is 2.63. The third-order valence-electron chi connectivity index (χ3n) is 3.91. The first kappa shape index (κ1) is 16.4. The van der Waals surface area contributed by atoms with E-state index in [0.29, 0.717) is 17.6 Å². The Morgan fingerprint density at radius 1 is 1.16 bits per heavy atom. The van der Waals surface area contributed by atoms with E-state index in [1.165, 1.54) is 19.2 Å². The maximum absolute atomic E-state index is 12.1. The summed E-state index contributed by atoms with van der Waals surface area (Å²) in [5.74, 6) is -0.420. The summed E-state index contributed by atoms with van der Waals surface area (Å²) in [4.78, 5) is 34.2. The Balaban J connectivity index is 2.04. The second-order valence-corrected chi connectivity index (χ2v) is 5.42. The van der Waals surface area contributed by atoms with Gasteiger partial charge in [-0.15, -0.1) is 0 Å². The Labute approximate surface area is 142 Å². The van der Waals surface area contributed by atoms with E-state index in [4.69, 9.17) is 0 Å². The van der Waals surface area contributed by atoms with Gasteiger partial charge in [0.2, 0.25) is 0 Å². The molecule has 0 saturated heterocycles. The molecule has 0 aliphatic carbocycles. The van der Waals surface area contributed by atoms with E-state index in [2.05, 4.69) is 4.74 Å². The fourth-order valence-electron chi connectivity index (χ4n) is 2.69. The van der Waals surface area contributed by atoms with Gasteiger partial charge in [-0.2, -0.15) is 0 Å². The number of carbonyl (C=O) groups is 1. The van der Waals surface area contributed by atoms with Crippen LogP contribution in [0.4, 0.5) is 5.69 Å². The summed E-state index contributed by atoms with van der Waals surface area (Å²) in [6.45, 7) is 0.402. The van der Waals surface area contributed by atoms with Gasteiger partial charge in [0, 0.05) is 24.9 Å². The number of esters is 1. The number of hydrogen-bond donors (Lipinski definition) is 0. The van der Waals surface area contributed by atoms with E-state index in [1.54, 1.807) is 47.2 Å². The monoisotopic (exact) mass is 338 g/mol. The zero-order valence-corrected chi connectivity index (χ0v) is 13.3. The van der Waals surface area contributed by atoms with Crippen LogP contribution in [0.5, 0.6) is 0 Å². The number of carbonyl (C=O) groups excluding carboxylic acids is 1. The van der Waals surface area contributed by atoms with Gasteiger partial charge in [0.25, 0.3) is 5.69 Å². The molecule has 7 nitrogen and oxygen atoms in total. The molecule has 0 fully saturated rings. The number of hydrogen-bond acceptors (Lipinski definition) is 5. The number of benzene rings is 2. The van der Waals surface area contributed by atoms with Crippen LogP contribution < -0.4 is 5.43 Å². The Bertz CT molecular complexity index is 1020. The summed E-state index contributed by atoms with van der Waals surface area (Å²) in [6, 6.07) is 12.7. The molecular formula is C18H14N2O5. The summed E-state index contributed by atoms with van der Waals surface area (Å²) in [6.07, 6.45) is 1.60. The van der Waals surface area contributed by atoms with E-state index in [1.807, 2.05) is 0 Å². The SMILES string of the molecule is COC(=O)c1ccc(Cn2ccc(=O)c3c([N+](=O)[O-])cccc32)cc1. The lowest BCUT2D eigenvalue weighted by molar-refractivity contribution is -0.383. The molecule has 3 aromatic rings. The number of pyridine rings is 1. The minimum Gasteiger partial charge on any atom is -0.465 e. The van der Waals surface area contributed by atoms with Gasteiger partial charge in [-0.05, 0) is 23.8 Å². The number of non-ortho nitro benzene ring substituents is 1. The van der Waals surface area contributed by atoms with E-state index in [-0.39, 0.29) is 16.5 Å². The number of ether oxygens (including phenoxy) is 1. The normalized spacial score (nSPS) is 10.6. The Morgan fingerprint density at radius 2 is 1.88 bits per heavy atom. The molecule has 0 radical (unpaired) electrons. The number of rotatable bonds is 4. The van der Waals surface area contributed by atoms with Gasteiger partial charge in [0.05, 0.1) is 23.1 Å². The standard InChI is InChI=1S/C18H14N2O5/c1-25-18(22)13-7-5-12(6-8-13)11-19-10-9-16(21)17-14(19)3-2-4-15(17)20(23)24/h2-10H,11H2,1H3. The molecule has 0 atom stereocenters. The predicted octanol–water partition coefficient (Wildman–Crippen LogP) is 2.74. The lowest BCUT2D eigenvalue weighted by atomic mass is 10.1. The van der Waals surface area contributed by atoms with E-state index < -0.39 is 10.9 Å². The Kier molecular flexibility index (Phi) is 4.30. The zero-order chi connectivity index (χ0) is 18.0. The van der Waals surface area contributed by atoms with Gasteiger partial charge < -0.3 is 9.30 Å². The second kappa shape index (κ2) is 6.56. The Morgan fingerprint density at radius 3 is 2.52 bits per heavy atom. The molecule has 3 rings (SSSR count). The van der Waals surface area contributed by atoms with Crippen LogP contribution in [0.2, 0.25) is 0 Å². The summed E-state index contributed by atoms with van der Waals surface area (Å²) in [5.41, 5.74) is 1.20. The molecule has 25 heavy (non-hydrogen) atoms. The smallest absolute Gasteiger partial charge is 0.337 e. The van der Waals surface area contributed by atoms with Gasteiger partial charge in [-0.3, -0.25) is 14.9 Å². The number of methoxy groups -OCH3 is 1. The van der Waals surface area contributed by atoms with Gasteiger partial charge in [-0.1, -0.05) is 18.2 Å². The minimum atomic E-state index is -0.556. The van der Waals surface area contributed by atoms with Crippen molar-refractivity contribution < 1.29 is 14.5 Å². The first-order valence-electron chi connectivity index (χ1n) is 7.45. The van der Waals surface area contributed by atoms with Crippen molar-refractivity contribution >= 4 is 22.6 Å². The van der Waals surface area contributed by atoms with E-state index in [0.717, 1.165) is 5.56 Å². The average molecular weight is 338 g/mol. The lowest BCUT2D eigenvalue weighted by Gasteiger charge is -2.11. The molecule has 2 aromatic carbocycles. The first-order valence-corrected chi connectivity index (χ1v) is 7.45. The fourth-order valence-corrected chi connectivity index (χ4v) is 2.69. The molecule has 0 aliphatic rings. The van der Waals surface area contributed by atoms with Gasteiger partial charge in [0.15, 0.2) is 5.43 Å². The van der Waals surface area contributed by atoms with Crippen molar-refractivity contribution in [1.29, 1.82) is 0 Å². The van der Waals surface area contributed by atoms with Gasteiger partial charge in [0.1, 0.15) is 5.39 Å². The molecular weight excluding hydrogens is 324 g/mol. The number of nitro benzene ring substituents is 1. The highest BCUT2D eigenvalue weighted by Gasteiger charge is 2.16. The largest absolute Gasteiger partial charge is 0.465 e. The molecule has 0 aliphatic heterocycles. The highest BCUT2D eigenvalue weighted by atomic mass is 16.6.